The quantitative estimate of drug-likeness (QED) is 0.740. The zero-order valence-electron chi connectivity index (χ0n) is 9.27. The van der Waals surface area contributed by atoms with E-state index < -0.39 is 12.3 Å². The first-order valence-corrected chi connectivity index (χ1v) is 5.48. The molecule has 0 radical (unpaired) electrons. The molecule has 1 heterocycles. The van der Waals surface area contributed by atoms with E-state index in [-0.39, 0.29) is 12.6 Å². The maximum atomic E-state index is 12.6. The van der Waals surface area contributed by atoms with Crippen molar-refractivity contribution < 1.29 is 13.2 Å². The number of hydrogen-bond acceptors (Lipinski definition) is 2. The maximum absolute atomic E-state index is 12.6. The minimum atomic E-state index is -4.21. The molecule has 1 aliphatic heterocycles. The average Bonchev–Trinajstić information content (AvgIpc) is 2.13. The third kappa shape index (κ3) is 3.99. The van der Waals surface area contributed by atoms with Gasteiger partial charge in [0.05, 0.1) is 0 Å². The molecule has 1 rings (SSSR count). The molecule has 1 N–H and O–H groups in total. The van der Waals surface area contributed by atoms with Crippen LogP contribution in [0.4, 0.5) is 13.2 Å². The van der Waals surface area contributed by atoms with Crippen LogP contribution in [0.3, 0.4) is 0 Å². The molecule has 0 bridgehead atoms. The molecule has 1 saturated heterocycles. The third-order valence-electron chi connectivity index (χ3n) is 2.78. The molecule has 0 amide bonds. The number of piperidine rings is 1. The fourth-order valence-electron chi connectivity index (χ4n) is 1.92. The Morgan fingerprint density at radius 1 is 1.33 bits per heavy atom. The minimum absolute atomic E-state index is 0.0113. The van der Waals surface area contributed by atoms with Crippen LogP contribution in [0, 0.1) is 0 Å². The first kappa shape index (κ1) is 12.8. The number of rotatable bonds is 3. The second kappa shape index (κ2) is 5.16. The molecular weight excluding hydrogens is 205 g/mol. The zero-order valence-corrected chi connectivity index (χ0v) is 9.27. The SMILES string of the molecule is CC(C)N(C[C@@H]1CCCCN1)C(F)(F)F. The van der Waals surface area contributed by atoms with Crippen molar-refractivity contribution in [2.24, 2.45) is 0 Å². The topological polar surface area (TPSA) is 15.3 Å². The third-order valence-corrected chi connectivity index (χ3v) is 2.78. The summed E-state index contributed by atoms with van der Waals surface area (Å²) in [5.74, 6) is 0. The second-order valence-corrected chi connectivity index (χ2v) is 4.36. The van der Waals surface area contributed by atoms with Gasteiger partial charge in [0.25, 0.3) is 0 Å². The van der Waals surface area contributed by atoms with Crippen molar-refractivity contribution in [3.05, 3.63) is 0 Å². The monoisotopic (exact) mass is 224 g/mol. The van der Waals surface area contributed by atoms with Gasteiger partial charge in [-0.3, -0.25) is 0 Å². The molecule has 0 aromatic carbocycles. The van der Waals surface area contributed by atoms with E-state index in [0.29, 0.717) is 4.90 Å². The van der Waals surface area contributed by atoms with Crippen molar-refractivity contribution in [2.75, 3.05) is 13.1 Å². The molecule has 0 aromatic rings. The molecule has 2 nitrogen and oxygen atoms in total. The van der Waals surface area contributed by atoms with E-state index in [0.717, 1.165) is 25.8 Å². The normalized spacial score (nSPS) is 23.8. The van der Waals surface area contributed by atoms with Gasteiger partial charge in [-0.2, -0.15) is 13.2 Å². The second-order valence-electron chi connectivity index (χ2n) is 4.36. The fourth-order valence-corrected chi connectivity index (χ4v) is 1.92. The standard InChI is InChI=1S/C10H19F3N2/c1-8(2)15(10(11,12)13)7-9-5-3-4-6-14-9/h8-9,14H,3-7H2,1-2H3/t9-/m0/s1. The summed E-state index contributed by atoms with van der Waals surface area (Å²) in [6.45, 7) is 4.07. The lowest BCUT2D eigenvalue weighted by Crippen LogP contribution is -2.51. The van der Waals surface area contributed by atoms with Gasteiger partial charge in [0, 0.05) is 18.6 Å². The first-order valence-electron chi connectivity index (χ1n) is 5.48. The molecule has 1 aliphatic rings. The van der Waals surface area contributed by atoms with Gasteiger partial charge in [-0.15, -0.1) is 0 Å². The Labute approximate surface area is 88.8 Å². The van der Waals surface area contributed by atoms with Crippen molar-refractivity contribution in [1.82, 2.24) is 10.2 Å². The summed E-state index contributed by atoms with van der Waals surface area (Å²) in [4.78, 5) is 0.607. The fraction of sp³-hybridized carbons (Fsp3) is 1.00. The highest BCUT2D eigenvalue weighted by molar-refractivity contribution is 4.78. The Morgan fingerprint density at radius 3 is 2.40 bits per heavy atom. The van der Waals surface area contributed by atoms with Crippen molar-refractivity contribution in [3.8, 4) is 0 Å². The number of hydrogen-bond donors (Lipinski definition) is 1. The van der Waals surface area contributed by atoms with E-state index in [2.05, 4.69) is 5.32 Å². The van der Waals surface area contributed by atoms with Gasteiger partial charge >= 0.3 is 6.30 Å². The van der Waals surface area contributed by atoms with E-state index in [1.807, 2.05) is 0 Å². The van der Waals surface area contributed by atoms with Gasteiger partial charge in [0.2, 0.25) is 0 Å². The van der Waals surface area contributed by atoms with Gasteiger partial charge in [-0.05, 0) is 33.2 Å². The summed E-state index contributed by atoms with van der Waals surface area (Å²) < 4.78 is 37.9. The lowest BCUT2D eigenvalue weighted by molar-refractivity contribution is -0.257. The molecule has 0 saturated carbocycles. The van der Waals surface area contributed by atoms with Gasteiger partial charge < -0.3 is 5.32 Å². The minimum Gasteiger partial charge on any atom is -0.313 e. The molecule has 5 heteroatoms. The van der Waals surface area contributed by atoms with E-state index in [1.54, 1.807) is 13.8 Å². The van der Waals surface area contributed by atoms with Gasteiger partial charge in [0.1, 0.15) is 0 Å². The van der Waals surface area contributed by atoms with Crippen LogP contribution in [0.1, 0.15) is 33.1 Å². The molecule has 0 aliphatic carbocycles. The molecule has 90 valence electrons. The highest BCUT2D eigenvalue weighted by Gasteiger charge is 2.39. The van der Waals surface area contributed by atoms with Crippen LogP contribution >= 0.6 is 0 Å². The van der Waals surface area contributed by atoms with Gasteiger partial charge in [-0.25, -0.2) is 4.90 Å². The van der Waals surface area contributed by atoms with Crippen molar-refractivity contribution in [1.29, 1.82) is 0 Å². The highest BCUT2D eigenvalue weighted by Crippen LogP contribution is 2.25. The molecule has 1 atom stereocenters. The number of nitrogens with one attached hydrogen (secondary N) is 1. The predicted molar refractivity (Wildman–Crippen MR) is 53.5 cm³/mol. The largest absolute Gasteiger partial charge is 0.460 e. The summed E-state index contributed by atoms with van der Waals surface area (Å²) >= 11 is 0. The van der Waals surface area contributed by atoms with Crippen molar-refractivity contribution >= 4 is 0 Å². The van der Waals surface area contributed by atoms with Crippen molar-refractivity contribution in [3.63, 3.8) is 0 Å². The van der Waals surface area contributed by atoms with Crippen LogP contribution in [0.5, 0.6) is 0 Å². The lowest BCUT2D eigenvalue weighted by Gasteiger charge is -2.34. The van der Waals surface area contributed by atoms with Crippen LogP contribution in [-0.2, 0) is 0 Å². The highest BCUT2D eigenvalue weighted by atomic mass is 19.4. The molecule has 0 spiro atoms. The maximum Gasteiger partial charge on any atom is 0.460 e. The van der Waals surface area contributed by atoms with E-state index in [9.17, 15) is 13.2 Å². The van der Waals surface area contributed by atoms with E-state index in [4.69, 9.17) is 0 Å². The Morgan fingerprint density at radius 2 is 2.00 bits per heavy atom. The van der Waals surface area contributed by atoms with Crippen LogP contribution in [-0.4, -0.2) is 36.4 Å². The zero-order chi connectivity index (χ0) is 11.5. The summed E-state index contributed by atoms with van der Waals surface area (Å²) in [6, 6.07) is -0.503. The number of halogens is 3. The van der Waals surface area contributed by atoms with E-state index >= 15 is 0 Å². The smallest absolute Gasteiger partial charge is 0.313 e. The van der Waals surface area contributed by atoms with Crippen LogP contribution in [0.2, 0.25) is 0 Å². The molecule has 15 heavy (non-hydrogen) atoms. The Hall–Kier alpha value is -0.290. The van der Waals surface area contributed by atoms with Crippen LogP contribution < -0.4 is 5.32 Å². The molecule has 1 fully saturated rings. The first-order chi connectivity index (χ1) is 6.91. The Kier molecular flexibility index (Phi) is 4.40. The molecule has 0 aromatic heterocycles. The van der Waals surface area contributed by atoms with Crippen molar-refractivity contribution in [2.45, 2.75) is 51.5 Å². The number of nitrogens with zero attached hydrogens (tertiary/aromatic N) is 1. The summed E-state index contributed by atoms with van der Waals surface area (Å²) in [7, 11) is 0. The van der Waals surface area contributed by atoms with Crippen LogP contribution in [0.15, 0.2) is 0 Å². The average molecular weight is 224 g/mol. The molecular formula is C10H19F3N2. The van der Waals surface area contributed by atoms with E-state index in [1.165, 1.54) is 0 Å². The predicted octanol–water partition coefficient (Wildman–Crippen LogP) is 2.36. The lowest BCUT2D eigenvalue weighted by atomic mass is 10.0. The molecule has 0 unspecified atom stereocenters. The Balaban J connectivity index is 2.50. The summed E-state index contributed by atoms with van der Waals surface area (Å²) in [6.07, 6.45) is -1.27. The number of alkyl halides is 3. The van der Waals surface area contributed by atoms with Gasteiger partial charge in [-0.1, -0.05) is 6.42 Å². The van der Waals surface area contributed by atoms with Gasteiger partial charge in [0.15, 0.2) is 0 Å². The Bertz CT molecular complexity index is 186. The summed E-state index contributed by atoms with van der Waals surface area (Å²) in [5, 5.41) is 3.13. The van der Waals surface area contributed by atoms with Crippen LogP contribution in [0.25, 0.3) is 0 Å². The summed E-state index contributed by atoms with van der Waals surface area (Å²) in [5.41, 5.74) is 0.